The van der Waals surface area contributed by atoms with Gasteiger partial charge in [0.2, 0.25) is 0 Å². The highest BCUT2D eigenvalue weighted by atomic mass is 32.1. The average Bonchev–Trinajstić information content (AvgIpc) is 3.02. The van der Waals surface area contributed by atoms with Crippen LogP contribution in [0.3, 0.4) is 0 Å². The third kappa shape index (κ3) is 3.11. The van der Waals surface area contributed by atoms with Crippen molar-refractivity contribution in [1.82, 2.24) is 9.55 Å². The van der Waals surface area contributed by atoms with E-state index in [4.69, 9.17) is 10.00 Å². The first kappa shape index (κ1) is 16.8. The standard InChI is InChI=1S/C20H19N3O2S/c1-13-2-7-16-17(10-13)26-19-18(16)20(24)23(12-22-19)8-9-25-15-5-3-14(11-21)4-6-15/h3-6,12-13H,2,7-10H2,1H3. The van der Waals surface area contributed by atoms with Gasteiger partial charge in [-0.1, -0.05) is 6.92 Å². The molecule has 1 aliphatic rings. The number of aryl methyl sites for hydroxylation is 1. The van der Waals surface area contributed by atoms with Crippen molar-refractivity contribution < 1.29 is 4.74 Å². The molecule has 5 nitrogen and oxygen atoms in total. The average molecular weight is 365 g/mol. The highest BCUT2D eigenvalue weighted by Crippen LogP contribution is 2.35. The number of aromatic nitrogens is 2. The van der Waals surface area contributed by atoms with Gasteiger partial charge in [0.1, 0.15) is 17.2 Å². The molecule has 0 saturated heterocycles. The fourth-order valence-electron chi connectivity index (χ4n) is 3.41. The largest absolute Gasteiger partial charge is 0.492 e. The Labute approximate surface area is 155 Å². The topological polar surface area (TPSA) is 67.9 Å². The van der Waals surface area contributed by atoms with Gasteiger partial charge >= 0.3 is 0 Å². The Morgan fingerprint density at radius 3 is 2.96 bits per heavy atom. The van der Waals surface area contributed by atoms with Crippen LogP contribution in [0.2, 0.25) is 0 Å². The number of thiophene rings is 1. The minimum atomic E-state index is 0.0329. The maximum absolute atomic E-state index is 12.9. The van der Waals surface area contributed by atoms with Crippen molar-refractivity contribution in [2.24, 2.45) is 5.92 Å². The molecule has 0 amide bonds. The molecule has 132 valence electrons. The highest BCUT2D eigenvalue weighted by Gasteiger charge is 2.23. The summed E-state index contributed by atoms with van der Waals surface area (Å²) in [6.07, 6.45) is 4.78. The lowest BCUT2D eigenvalue weighted by Crippen LogP contribution is -2.24. The molecular weight excluding hydrogens is 346 g/mol. The highest BCUT2D eigenvalue weighted by molar-refractivity contribution is 7.18. The molecule has 0 aliphatic heterocycles. The monoisotopic (exact) mass is 365 g/mol. The zero-order valence-electron chi connectivity index (χ0n) is 14.6. The van der Waals surface area contributed by atoms with Crippen LogP contribution < -0.4 is 10.3 Å². The van der Waals surface area contributed by atoms with E-state index in [1.54, 1.807) is 46.5 Å². The summed E-state index contributed by atoms with van der Waals surface area (Å²) in [7, 11) is 0. The Morgan fingerprint density at radius 1 is 1.38 bits per heavy atom. The molecule has 1 unspecified atom stereocenters. The number of hydrogen-bond donors (Lipinski definition) is 0. The Morgan fingerprint density at radius 2 is 2.19 bits per heavy atom. The molecule has 0 saturated carbocycles. The lowest BCUT2D eigenvalue weighted by molar-refractivity contribution is 0.296. The van der Waals surface area contributed by atoms with E-state index in [9.17, 15) is 4.79 Å². The molecule has 3 aromatic rings. The van der Waals surface area contributed by atoms with Gasteiger partial charge in [-0.15, -0.1) is 11.3 Å². The minimum Gasteiger partial charge on any atom is -0.492 e. The quantitative estimate of drug-likeness (QED) is 0.709. The molecule has 1 atom stereocenters. The number of benzene rings is 1. The first-order chi connectivity index (χ1) is 12.7. The molecule has 0 N–H and O–H groups in total. The van der Waals surface area contributed by atoms with Gasteiger partial charge in [-0.25, -0.2) is 4.98 Å². The predicted molar refractivity (Wildman–Crippen MR) is 102 cm³/mol. The van der Waals surface area contributed by atoms with Gasteiger partial charge in [0, 0.05) is 4.88 Å². The second-order valence-corrected chi connectivity index (χ2v) is 7.84. The Hall–Kier alpha value is -2.65. The summed E-state index contributed by atoms with van der Waals surface area (Å²) >= 11 is 1.67. The predicted octanol–water partition coefficient (Wildman–Crippen LogP) is 3.53. The van der Waals surface area contributed by atoms with Crippen LogP contribution in [0.5, 0.6) is 5.75 Å². The van der Waals surface area contributed by atoms with Crippen molar-refractivity contribution >= 4 is 21.6 Å². The molecule has 26 heavy (non-hydrogen) atoms. The van der Waals surface area contributed by atoms with Gasteiger partial charge in [-0.2, -0.15) is 5.26 Å². The van der Waals surface area contributed by atoms with Gasteiger partial charge in [-0.3, -0.25) is 9.36 Å². The zero-order chi connectivity index (χ0) is 18.1. The fraction of sp³-hybridized carbons (Fsp3) is 0.350. The van der Waals surface area contributed by atoms with Crippen LogP contribution in [0.15, 0.2) is 35.4 Å². The van der Waals surface area contributed by atoms with Crippen molar-refractivity contribution in [3.8, 4) is 11.8 Å². The van der Waals surface area contributed by atoms with Crippen molar-refractivity contribution in [3.05, 3.63) is 57.0 Å². The van der Waals surface area contributed by atoms with Crippen LogP contribution in [-0.2, 0) is 19.4 Å². The van der Waals surface area contributed by atoms with Crippen LogP contribution in [0.1, 0.15) is 29.3 Å². The van der Waals surface area contributed by atoms with Gasteiger partial charge in [-0.05, 0) is 55.0 Å². The maximum Gasteiger partial charge on any atom is 0.262 e. The van der Waals surface area contributed by atoms with Crippen molar-refractivity contribution in [1.29, 1.82) is 5.26 Å². The van der Waals surface area contributed by atoms with Crippen LogP contribution in [0.25, 0.3) is 10.2 Å². The number of ether oxygens (including phenoxy) is 1. The van der Waals surface area contributed by atoms with Gasteiger partial charge < -0.3 is 4.74 Å². The summed E-state index contributed by atoms with van der Waals surface area (Å²) < 4.78 is 7.33. The van der Waals surface area contributed by atoms with E-state index in [0.717, 1.165) is 29.5 Å². The third-order valence-corrected chi connectivity index (χ3v) is 6.03. The Balaban J connectivity index is 1.52. The van der Waals surface area contributed by atoms with Crippen LogP contribution in [-0.4, -0.2) is 16.2 Å². The molecule has 1 aromatic carbocycles. The molecule has 4 rings (SSSR count). The smallest absolute Gasteiger partial charge is 0.262 e. The van der Waals surface area contributed by atoms with Crippen molar-refractivity contribution in [3.63, 3.8) is 0 Å². The van der Waals surface area contributed by atoms with Crippen molar-refractivity contribution in [2.45, 2.75) is 32.7 Å². The summed E-state index contributed by atoms with van der Waals surface area (Å²) in [5.41, 5.74) is 1.84. The van der Waals surface area contributed by atoms with Gasteiger partial charge in [0.15, 0.2) is 0 Å². The van der Waals surface area contributed by atoms with Crippen LogP contribution >= 0.6 is 11.3 Å². The van der Waals surface area contributed by atoms with E-state index in [-0.39, 0.29) is 5.56 Å². The molecule has 2 aromatic heterocycles. The number of rotatable bonds is 4. The summed E-state index contributed by atoms with van der Waals surface area (Å²) in [5.74, 6) is 1.37. The third-order valence-electron chi connectivity index (χ3n) is 4.87. The number of nitriles is 1. The van der Waals surface area contributed by atoms with E-state index in [2.05, 4.69) is 18.0 Å². The molecule has 0 fully saturated rings. The number of nitrogens with zero attached hydrogens (tertiary/aromatic N) is 3. The molecule has 0 radical (unpaired) electrons. The second kappa shape index (κ2) is 6.93. The SMILES string of the molecule is CC1CCc2c(sc3ncn(CCOc4ccc(C#N)cc4)c(=O)c23)C1. The fourth-order valence-corrected chi connectivity index (χ4v) is 4.75. The van der Waals surface area contributed by atoms with Gasteiger partial charge in [0.25, 0.3) is 5.56 Å². The summed E-state index contributed by atoms with van der Waals surface area (Å²) in [4.78, 5) is 19.6. The molecule has 0 spiro atoms. The molecule has 0 bridgehead atoms. The van der Waals surface area contributed by atoms with E-state index in [1.165, 1.54) is 10.4 Å². The maximum atomic E-state index is 12.9. The Kier molecular flexibility index (Phi) is 4.48. The van der Waals surface area contributed by atoms with E-state index < -0.39 is 0 Å². The molecular formula is C20H19N3O2S. The number of fused-ring (bicyclic) bond motifs is 3. The summed E-state index contributed by atoms with van der Waals surface area (Å²) in [5, 5.41) is 9.62. The normalized spacial score (nSPS) is 16.2. The van der Waals surface area contributed by atoms with E-state index in [1.807, 2.05) is 0 Å². The molecule has 2 heterocycles. The summed E-state index contributed by atoms with van der Waals surface area (Å²) in [6.45, 7) is 3.09. The van der Waals surface area contributed by atoms with Crippen LogP contribution in [0, 0.1) is 17.2 Å². The lowest BCUT2D eigenvalue weighted by atomic mass is 9.89. The molecule has 1 aliphatic carbocycles. The second-order valence-electron chi connectivity index (χ2n) is 6.76. The van der Waals surface area contributed by atoms with E-state index >= 15 is 0 Å². The van der Waals surface area contributed by atoms with E-state index in [0.29, 0.717) is 30.4 Å². The first-order valence-electron chi connectivity index (χ1n) is 8.78. The van der Waals surface area contributed by atoms with Crippen molar-refractivity contribution in [2.75, 3.05) is 6.61 Å². The Bertz CT molecular complexity index is 1040. The lowest BCUT2D eigenvalue weighted by Gasteiger charge is -2.17. The molecule has 6 heteroatoms. The first-order valence-corrected chi connectivity index (χ1v) is 9.60. The minimum absolute atomic E-state index is 0.0329. The zero-order valence-corrected chi connectivity index (χ0v) is 15.4. The number of hydrogen-bond acceptors (Lipinski definition) is 5. The van der Waals surface area contributed by atoms with Gasteiger partial charge in [0.05, 0.1) is 29.9 Å². The van der Waals surface area contributed by atoms with Crippen LogP contribution in [0.4, 0.5) is 0 Å². The summed E-state index contributed by atoms with van der Waals surface area (Å²) in [6, 6.07) is 9.04.